The molecule has 0 aromatic rings. The molecule has 0 aromatic heterocycles. The van der Waals surface area contributed by atoms with E-state index < -0.39 is 0 Å². The highest BCUT2D eigenvalue weighted by Crippen LogP contribution is 2.27. The van der Waals surface area contributed by atoms with Gasteiger partial charge in [-0.1, -0.05) is 12.8 Å². The third kappa shape index (κ3) is 4.66. The van der Waals surface area contributed by atoms with Crippen LogP contribution in [0, 0.1) is 5.92 Å². The normalized spacial score (nSPS) is 19.2. The summed E-state index contributed by atoms with van der Waals surface area (Å²) in [7, 11) is 0. The molecule has 0 heterocycles. The lowest BCUT2D eigenvalue weighted by molar-refractivity contribution is 0.119. The van der Waals surface area contributed by atoms with Crippen molar-refractivity contribution >= 4 is 29.9 Å². The predicted octanol–water partition coefficient (Wildman–Crippen LogP) is 0.429. The van der Waals surface area contributed by atoms with Crippen molar-refractivity contribution in [1.29, 1.82) is 0 Å². The summed E-state index contributed by atoms with van der Waals surface area (Å²) < 4.78 is 0. The van der Waals surface area contributed by atoms with Gasteiger partial charge in [0.2, 0.25) is 0 Å². The summed E-state index contributed by atoms with van der Waals surface area (Å²) in [5.41, 5.74) is 10.3. The Morgan fingerprint density at radius 2 is 1.92 bits per heavy atom. The van der Waals surface area contributed by atoms with Crippen LogP contribution in [0.5, 0.6) is 0 Å². The zero-order chi connectivity index (χ0) is 8.97. The van der Waals surface area contributed by atoms with Gasteiger partial charge in [-0.2, -0.15) is 0 Å². The monoisotopic (exact) mass is 299 g/mol. The first kappa shape index (κ1) is 13.0. The zero-order valence-corrected chi connectivity index (χ0v) is 9.98. The highest BCUT2D eigenvalue weighted by atomic mass is 127. The minimum absolute atomic E-state index is 0. The highest BCUT2D eigenvalue weighted by Gasteiger charge is 2.22. The largest absolute Gasteiger partial charge is 0.391 e. The topological polar surface area (TPSA) is 84.6 Å². The van der Waals surface area contributed by atoms with Crippen molar-refractivity contribution in [3.05, 3.63) is 0 Å². The van der Waals surface area contributed by atoms with Crippen molar-refractivity contribution < 1.29 is 5.11 Å². The number of aliphatic imine (C=N–C) groups is 1. The number of rotatable bonds is 3. The Morgan fingerprint density at radius 1 is 1.38 bits per heavy atom. The van der Waals surface area contributed by atoms with Gasteiger partial charge < -0.3 is 16.6 Å². The molecule has 0 aliphatic heterocycles. The van der Waals surface area contributed by atoms with Gasteiger partial charge in [0.05, 0.1) is 12.6 Å². The first-order chi connectivity index (χ1) is 5.70. The smallest absolute Gasteiger partial charge is 0.185 e. The summed E-state index contributed by atoms with van der Waals surface area (Å²) in [6, 6.07) is 0. The predicted molar refractivity (Wildman–Crippen MR) is 64.1 cm³/mol. The van der Waals surface area contributed by atoms with Gasteiger partial charge in [-0.15, -0.1) is 24.0 Å². The minimum Gasteiger partial charge on any atom is -0.391 e. The summed E-state index contributed by atoms with van der Waals surface area (Å²) in [5.74, 6) is 0.472. The molecule has 5 N–H and O–H groups in total. The van der Waals surface area contributed by atoms with E-state index in [0.717, 1.165) is 12.8 Å². The van der Waals surface area contributed by atoms with Crippen molar-refractivity contribution in [2.45, 2.75) is 31.8 Å². The minimum atomic E-state index is -0.352. The Bertz CT molecular complexity index is 165. The van der Waals surface area contributed by atoms with Gasteiger partial charge >= 0.3 is 0 Å². The van der Waals surface area contributed by atoms with Crippen molar-refractivity contribution in [1.82, 2.24) is 0 Å². The molecule has 0 aromatic carbocycles. The molecule has 1 aliphatic carbocycles. The summed E-state index contributed by atoms with van der Waals surface area (Å²) in [5, 5.41) is 9.58. The van der Waals surface area contributed by atoms with Crippen molar-refractivity contribution in [3.8, 4) is 0 Å². The van der Waals surface area contributed by atoms with Gasteiger partial charge in [-0.3, -0.25) is 4.99 Å². The molecular formula is C8H18IN3O. The van der Waals surface area contributed by atoms with Crippen molar-refractivity contribution in [2.75, 3.05) is 6.54 Å². The molecular weight excluding hydrogens is 281 g/mol. The molecule has 1 fully saturated rings. The van der Waals surface area contributed by atoms with Crippen LogP contribution < -0.4 is 11.5 Å². The molecule has 0 radical (unpaired) electrons. The Balaban J connectivity index is 0.00000144. The van der Waals surface area contributed by atoms with Crippen LogP contribution in [0.3, 0.4) is 0 Å². The lowest BCUT2D eigenvalue weighted by Crippen LogP contribution is -2.27. The Labute approximate surface area is 95.8 Å². The molecule has 0 amide bonds. The molecule has 5 heteroatoms. The van der Waals surface area contributed by atoms with Crippen LogP contribution in [-0.4, -0.2) is 23.7 Å². The fraction of sp³-hybridized carbons (Fsp3) is 0.875. The van der Waals surface area contributed by atoms with E-state index in [1.54, 1.807) is 0 Å². The molecule has 1 unspecified atom stereocenters. The van der Waals surface area contributed by atoms with Crippen LogP contribution in [0.25, 0.3) is 0 Å². The van der Waals surface area contributed by atoms with Crippen LogP contribution in [0.4, 0.5) is 0 Å². The molecule has 1 saturated carbocycles. The van der Waals surface area contributed by atoms with Crippen LogP contribution in [0.15, 0.2) is 4.99 Å². The van der Waals surface area contributed by atoms with E-state index in [4.69, 9.17) is 11.5 Å². The maximum atomic E-state index is 9.58. The van der Waals surface area contributed by atoms with Gasteiger partial charge in [0.1, 0.15) is 0 Å². The summed E-state index contributed by atoms with van der Waals surface area (Å²) in [4.78, 5) is 3.79. The van der Waals surface area contributed by atoms with Crippen LogP contribution >= 0.6 is 24.0 Å². The van der Waals surface area contributed by atoms with Gasteiger partial charge in [0.25, 0.3) is 0 Å². The summed E-state index contributed by atoms with van der Waals surface area (Å²) in [6.07, 6.45) is 4.32. The molecule has 13 heavy (non-hydrogen) atoms. The fourth-order valence-electron chi connectivity index (χ4n) is 1.69. The number of aliphatic hydroxyl groups is 1. The fourth-order valence-corrected chi connectivity index (χ4v) is 1.69. The van der Waals surface area contributed by atoms with Gasteiger partial charge in [0, 0.05) is 0 Å². The Morgan fingerprint density at radius 3 is 2.38 bits per heavy atom. The lowest BCUT2D eigenvalue weighted by atomic mass is 10.0. The number of hydrogen-bond acceptors (Lipinski definition) is 2. The average molecular weight is 299 g/mol. The highest BCUT2D eigenvalue weighted by molar-refractivity contribution is 14.0. The van der Waals surface area contributed by atoms with Gasteiger partial charge in [-0.25, -0.2) is 0 Å². The van der Waals surface area contributed by atoms with E-state index in [2.05, 4.69) is 4.99 Å². The van der Waals surface area contributed by atoms with Gasteiger partial charge in [0.15, 0.2) is 5.96 Å². The van der Waals surface area contributed by atoms with E-state index >= 15 is 0 Å². The second-order valence-electron chi connectivity index (χ2n) is 3.38. The van der Waals surface area contributed by atoms with E-state index in [0.29, 0.717) is 12.5 Å². The van der Waals surface area contributed by atoms with Crippen LogP contribution in [-0.2, 0) is 0 Å². The maximum absolute atomic E-state index is 9.58. The third-order valence-electron chi connectivity index (χ3n) is 2.40. The molecule has 1 aliphatic rings. The second-order valence-corrected chi connectivity index (χ2v) is 3.38. The number of nitrogens with two attached hydrogens (primary N) is 2. The first-order valence-electron chi connectivity index (χ1n) is 4.43. The number of hydrogen-bond donors (Lipinski definition) is 3. The molecule has 1 rings (SSSR count). The molecule has 4 nitrogen and oxygen atoms in total. The van der Waals surface area contributed by atoms with Crippen LogP contribution in [0.1, 0.15) is 25.7 Å². The van der Waals surface area contributed by atoms with E-state index in [1.807, 2.05) is 0 Å². The quantitative estimate of drug-likeness (QED) is 0.401. The van der Waals surface area contributed by atoms with Gasteiger partial charge in [-0.05, 0) is 18.8 Å². The summed E-state index contributed by atoms with van der Waals surface area (Å²) >= 11 is 0. The number of aliphatic hydroxyl groups excluding tert-OH is 1. The van der Waals surface area contributed by atoms with Crippen molar-refractivity contribution in [3.63, 3.8) is 0 Å². The Kier molecular flexibility index (Phi) is 6.40. The Hall–Kier alpha value is -0.0400. The molecule has 0 bridgehead atoms. The average Bonchev–Trinajstić information content (AvgIpc) is 2.51. The maximum Gasteiger partial charge on any atom is 0.185 e. The number of nitrogens with zero attached hydrogens (tertiary/aromatic N) is 1. The molecule has 78 valence electrons. The standard InChI is InChI=1S/C8H17N3O.HI/c9-8(10)11-5-7(12)6-3-1-2-4-6;/h6-7,12H,1-5H2,(H4,9,10,11);1H. The number of halogens is 1. The van der Waals surface area contributed by atoms with Crippen LogP contribution in [0.2, 0.25) is 0 Å². The van der Waals surface area contributed by atoms with E-state index in [-0.39, 0.29) is 36.0 Å². The van der Waals surface area contributed by atoms with Crippen molar-refractivity contribution in [2.24, 2.45) is 22.4 Å². The molecule has 0 saturated heterocycles. The molecule has 0 spiro atoms. The second kappa shape index (κ2) is 6.42. The third-order valence-corrected chi connectivity index (χ3v) is 2.40. The number of guanidine groups is 1. The molecule has 1 atom stereocenters. The zero-order valence-electron chi connectivity index (χ0n) is 7.65. The lowest BCUT2D eigenvalue weighted by Gasteiger charge is -2.14. The SMILES string of the molecule is I.NC(N)=NCC(O)C1CCCC1. The van der Waals surface area contributed by atoms with E-state index in [9.17, 15) is 5.11 Å². The summed E-state index contributed by atoms with van der Waals surface area (Å²) in [6.45, 7) is 0.354. The first-order valence-corrected chi connectivity index (χ1v) is 4.43. The van der Waals surface area contributed by atoms with E-state index in [1.165, 1.54) is 12.8 Å².